The van der Waals surface area contributed by atoms with Crippen molar-refractivity contribution in [2.45, 2.75) is 76.9 Å². The molecule has 15 heavy (non-hydrogen) atoms. The molecule has 1 rings (SSSR count). The highest BCUT2D eigenvalue weighted by atomic mass is 32.2. The first-order chi connectivity index (χ1) is 7.34. The van der Waals surface area contributed by atoms with Gasteiger partial charge in [-0.1, -0.05) is 52.4 Å². The van der Waals surface area contributed by atoms with E-state index in [0.717, 1.165) is 11.2 Å². The van der Waals surface area contributed by atoms with Crippen LogP contribution in [0.15, 0.2) is 0 Å². The van der Waals surface area contributed by atoms with Crippen molar-refractivity contribution in [3.8, 4) is 0 Å². The molecule has 90 valence electrons. The van der Waals surface area contributed by atoms with E-state index in [9.17, 15) is 0 Å². The second-order valence-corrected chi connectivity index (χ2v) is 6.43. The highest BCUT2D eigenvalue weighted by Gasteiger charge is 2.20. The van der Waals surface area contributed by atoms with Crippen molar-refractivity contribution in [3.05, 3.63) is 0 Å². The monoisotopic (exact) mass is 228 g/mol. The molecule has 0 nitrogen and oxygen atoms in total. The summed E-state index contributed by atoms with van der Waals surface area (Å²) in [7, 11) is 0. The smallest absolute Gasteiger partial charge is 0.00726 e. The van der Waals surface area contributed by atoms with Gasteiger partial charge in [-0.3, -0.25) is 0 Å². The van der Waals surface area contributed by atoms with Crippen molar-refractivity contribution >= 4 is 11.8 Å². The van der Waals surface area contributed by atoms with E-state index in [1.54, 1.807) is 0 Å². The fraction of sp³-hybridized carbons (Fsp3) is 1.00. The van der Waals surface area contributed by atoms with Gasteiger partial charge in [0.05, 0.1) is 0 Å². The Labute approximate surface area is 101 Å². The van der Waals surface area contributed by atoms with Gasteiger partial charge in [-0.2, -0.15) is 11.8 Å². The fourth-order valence-electron chi connectivity index (χ4n) is 2.47. The third-order valence-corrected chi connectivity index (χ3v) is 5.27. The quantitative estimate of drug-likeness (QED) is 0.535. The van der Waals surface area contributed by atoms with E-state index in [1.807, 2.05) is 0 Å². The van der Waals surface area contributed by atoms with E-state index in [4.69, 9.17) is 0 Å². The van der Waals surface area contributed by atoms with Crippen LogP contribution in [0, 0.1) is 5.92 Å². The molecule has 0 spiro atoms. The van der Waals surface area contributed by atoms with E-state index in [-0.39, 0.29) is 0 Å². The summed E-state index contributed by atoms with van der Waals surface area (Å²) in [5.74, 6) is 2.40. The molecule has 1 aliphatic carbocycles. The summed E-state index contributed by atoms with van der Waals surface area (Å²) >= 11 is 2.26. The Morgan fingerprint density at radius 3 is 2.47 bits per heavy atom. The van der Waals surface area contributed by atoms with Crippen molar-refractivity contribution in [3.63, 3.8) is 0 Å². The van der Waals surface area contributed by atoms with Gasteiger partial charge >= 0.3 is 0 Å². The van der Waals surface area contributed by atoms with Gasteiger partial charge < -0.3 is 0 Å². The van der Waals surface area contributed by atoms with Crippen LogP contribution in [0.25, 0.3) is 0 Å². The van der Waals surface area contributed by atoms with Gasteiger partial charge in [0.1, 0.15) is 0 Å². The first-order valence-electron chi connectivity index (χ1n) is 6.96. The summed E-state index contributed by atoms with van der Waals surface area (Å²) in [4.78, 5) is 0. The molecule has 0 saturated heterocycles. The molecule has 0 heterocycles. The summed E-state index contributed by atoms with van der Waals surface area (Å²) in [5.41, 5.74) is 0. The largest absolute Gasteiger partial charge is 0.158 e. The maximum absolute atomic E-state index is 2.45. The molecule has 0 aromatic carbocycles. The van der Waals surface area contributed by atoms with Crippen LogP contribution in [0.2, 0.25) is 0 Å². The van der Waals surface area contributed by atoms with Crippen LogP contribution in [0.1, 0.15) is 71.6 Å². The zero-order valence-corrected chi connectivity index (χ0v) is 11.5. The van der Waals surface area contributed by atoms with E-state index in [0.29, 0.717) is 0 Å². The van der Waals surface area contributed by atoms with Crippen molar-refractivity contribution in [1.29, 1.82) is 0 Å². The minimum Gasteiger partial charge on any atom is -0.158 e. The minimum absolute atomic E-state index is 0.986. The maximum atomic E-state index is 2.45. The first kappa shape index (κ1) is 13.4. The lowest BCUT2D eigenvalue weighted by Gasteiger charge is -2.28. The van der Waals surface area contributed by atoms with E-state index >= 15 is 0 Å². The average Bonchev–Trinajstić information content (AvgIpc) is 2.25. The Morgan fingerprint density at radius 2 is 1.73 bits per heavy atom. The molecule has 2 atom stereocenters. The van der Waals surface area contributed by atoms with E-state index in [2.05, 4.69) is 25.6 Å². The molecule has 1 saturated carbocycles. The average molecular weight is 228 g/mol. The lowest BCUT2D eigenvalue weighted by Crippen LogP contribution is -2.19. The van der Waals surface area contributed by atoms with Gasteiger partial charge in [-0.05, 0) is 30.9 Å². The van der Waals surface area contributed by atoms with Crippen molar-refractivity contribution in [2.75, 3.05) is 5.75 Å². The third kappa shape index (κ3) is 5.85. The Bertz CT molecular complexity index is 144. The van der Waals surface area contributed by atoms with Gasteiger partial charge in [0.2, 0.25) is 0 Å². The normalized spacial score (nSPS) is 26.8. The second kappa shape index (κ2) is 8.50. The zero-order chi connectivity index (χ0) is 10.9. The van der Waals surface area contributed by atoms with Crippen LogP contribution in [-0.2, 0) is 0 Å². The lowest BCUT2D eigenvalue weighted by atomic mass is 9.90. The van der Waals surface area contributed by atoms with Crippen LogP contribution in [0.3, 0.4) is 0 Å². The Balaban J connectivity index is 1.94. The molecular formula is C14H28S. The number of rotatable bonds is 7. The molecule has 1 aliphatic rings. The SMILES string of the molecule is CCCCCCCSC1CCCCC1C. The number of unbranched alkanes of at least 4 members (excludes halogenated alkanes) is 4. The summed E-state index contributed by atoms with van der Waals surface area (Å²) in [6, 6.07) is 0. The number of thioether (sulfide) groups is 1. The van der Waals surface area contributed by atoms with E-state index < -0.39 is 0 Å². The zero-order valence-electron chi connectivity index (χ0n) is 10.6. The Hall–Kier alpha value is 0.350. The molecular weight excluding hydrogens is 200 g/mol. The third-order valence-electron chi connectivity index (χ3n) is 3.61. The molecule has 0 N–H and O–H groups in total. The van der Waals surface area contributed by atoms with Gasteiger partial charge in [-0.15, -0.1) is 0 Å². The highest BCUT2D eigenvalue weighted by molar-refractivity contribution is 7.99. The molecule has 0 aromatic heterocycles. The van der Waals surface area contributed by atoms with E-state index in [1.165, 1.54) is 63.5 Å². The van der Waals surface area contributed by atoms with Gasteiger partial charge in [-0.25, -0.2) is 0 Å². The van der Waals surface area contributed by atoms with Gasteiger partial charge in [0, 0.05) is 5.25 Å². The van der Waals surface area contributed by atoms with Gasteiger partial charge in [0.25, 0.3) is 0 Å². The molecule has 0 radical (unpaired) electrons. The topological polar surface area (TPSA) is 0 Å². The molecule has 1 heteroatoms. The highest BCUT2D eigenvalue weighted by Crippen LogP contribution is 2.33. The summed E-state index contributed by atoms with van der Waals surface area (Å²) in [6.07, 6.45) is 13.1. The summed E-state index contributed by atoms with van der Waals surface area (Å²) in [5, 5.41) is 0.991. The molecule has 2 unspecified atom stereocenters. The van der Waals surface area contributed by atoms with Crippen molar-refractivity contribution in [2.24, 2.45) is 5.92 Å². The predicted molar refractivity (Wildman–Crippen MR) is 72.6 cm³/mol. The molecule has 0 bridgehead atoms. The molecule has 0 amide bonds. The number of hydrogen-bond acceptors (Lipinski definition) is 1. The van der Waals surface area contributed by atoms with Crippen LogP contribution in [0.5, 0.6) is 0 Å². The van der Waals surface area contributed by atoms with Crippen LogP contribution in [0.4, 0.5) is 0 Å². The summed E-state index contributed by atoms with van der Waals surface area (Å²) in [6.45, 7) is 4.74. The summed E-state index contributed by atoms with van der Waals surface area (Å²) < 4.78 is 0. The Kier molecular flexibility index (Phi) is 7.60. The molecule has 0 aromatic rings. The predicted octanol–water partition coefficient (Wildman–Crippen LogP) is 5.27. The fourth-order valence-corrected chi connectivity index (χ4v) is 3.94. The lowest BCUT2D eigenvalue weighted by molar-refractivity contribution is 0.397. The van der Waals surface area contributed by atoms with Crippen LogP contribution in [-0.4, -0.2) is 11.0 Å². The second-order valence-electron chi connectivity index (χ2n) is 5.09. The number of hydrogen-bond donors (Lipinski definition) is 0. The maximum Gasteiger partial charge on any atom is 0.00726 e. The molecule has 0 aliphatic heterocycles. The van der Waals surface area contributed by atoms with Crippen molar-refractivity contribution in [1.82, 2.24) is 0 Å². The molecule has 1 fully saturated rings. The Morgan fingerprint density at radius 1 is 1.00 bits per heavy atom. The van der Waals surface area contributed by atoms with Gasteiger partial charge in [0.15, 0.2) is 0 Å². The van der Waals surface area contributed by atoms with Crippen LogP contribution < -0.4 is 0 Å². The first-order valence-corrected chi connectivity index (χ1v) is 8.01. The van der Waals surface area contributed by atoms with Crippen LogP contribution >= 0.6 is 11.8 Å². The standard InChI is InChI=1S/C14H28S/c1-3-4-5-6-9-12-15-14-11-8-7-10-13(14)2/h13-14H,3-12H2,1-2H3. The van der Waals surface area contributed by atoms with Crippen molar-refractivity contribution < 1.29 is 0 Å². The minimum atomic E-state index is 0.986.